The van der Waals surface area contributed by atoms with E-state index in [0.29, 0.717) is 36.1 Å². The van der Waals surface area contributed by atoms with Gasteiger partial charge in [-0.25, -0.2) is 14.4 Å². The summed E-state index contributed by atoms with van der Waals surface area (Å²) in [7, 11) is 0. The van der Waals surface area contributed by atoms with Crippen molar-refractivity contribution >= 4 is 23.1 Å². The maximum absolute atomic E-state index is 14.1. The third kappa shape index (κ3) is 3.91. The molecule has 2 unspecified atom stereocenters. The summed E-state index contributed by atoms with van der Waals surface area (Å²) in [5.41, 5.74) is 2.25. The lowest BCUT2D eigenvalue weighted by molar-refractivity contribution is 0.241. The van der Waals surface area contributed by atoms with E-state index in [0.717, 1.165) is 17.0 Å². The van der Waals surface area contributed by atoms with Crippen molar-refractivity contribution < 1.29 is 9.13 Å². The topological polar surface area (TPSA) is 63.5 Å². The number of rotatable bonds is 5. The molecule has 0 aliphatic carbocycles. The minimum Gasteiger partial charge on any atom is -0.489 e. The van der Waals surface area contributed by atoms with Crippen molar-refractivity contribution in [2.75, 3.05) is 18.4 Å². The molecule has 8 heteroatoms. The minimum atomic E-state index is -0.888. The van der Waals surface area contributed by atoms with Gasteiger partial charge in [0.1, 0.15) is 23.4 Å². The second-order valence-electron chi connectivity index (χ2n) is 7.19. The van der Waals surface area contributed by atoms with Crippen molar-refractivity contribution in [2.24, 2.45) is 0 Å². The number of hydrogen-bond donors (Lipinski definition) is 2. The first kappa shape index (κ1) is 19.0. The number of pyridine rings is 2. The first-order valence-electron chi connectivity index (χ1n) is 9.43. The Morgan fingerprint density at radius 1 is 1.39 bits per heavy atom. The van der Waals surface area contributed by atoms with Gasteiger partial charge in [-0.1, -0.05) is 17.7 Å². The second kappa shape index (κ2) is 7.93. The van der Waals surface area contributed by atoms with Gasteiger partial charge in [0, 0.05) is 18.8 Å². The molecule has 0 saturated carbocycles. The molecule has 1 aliphatic rings. The highest BCUT2D eigenvalue weighted by Crippen LogP contribution is 2.30. The number of alkyl halides is 1. The van der Waals surface area contributed by atoms with Gasteiger partial charge in [-0.15, -0.1) is 0 Å². The fourth-order valence-electron chi connectivity index (χ4n) is 3.33. The van der Waals surface area contributed by atoms with E-state index in [4.69, 9.17) is 16.3 Å². The Bertz CT molecular complexity index is 976. The smallest absolute Gasteiger partial charge is 0.143 e. The van der Waals surface area contributed by atoms with Crippen LogP contribution in [-0.2, 0) is 0 Å². The van der Waals surface area contributed by atoms with E-state index in [1.165, 1.54) is 0 Å². The minimum absolute atomic E-state index is 0.0208. The van der Waals surface area contributed by atoms with Gasteiger partial charge in [0.25, 0.3) is 0 Å². The van der Waals surface area contributed by atoms with Crippen molar-refractivity contribution in [3.05, 3.63) is 41.7 Å². The number of fused-ring (bicyclic) bond motifs is 1. The van der Waals surface area contributed by atoms with E-state index < -0.39 is 6.17 Å². The zero-order chi connectivity index (χ0) is 19.7. The number of aromatic nitrogens is 3. The Balaban J connectivity index is 1.64. The van der Waals surface area contributed by atoms with E-state index in [9.17, 15) is 4.39 Å². The summed E-state index contributed by atoms with van der Waals surface area (Å²) in [6.45, 7) is 5.18. The van der Waals surface area contributed by atoms with Crippen LogP contribution in [0.4, 0.5) is 10.2 Å². The van der Waals surface area contributed by atoms with Gasteiger partial charge in [-0.2, -0.15) is 0 Å². The van der Waals surface area contributed by atoms with Crippen molar-refractivity contribution in [1.82, 2.24) is 19.7 Å². The fraction of sp³-hybridized carbons (Fsp3) is 0.400. The summed E-state index contributed by atoms with van der Waals surface area (Å²) in [4.78, 5) is 9.11. The van der Waals surface area contributed by atoms with Crippen LogP contribution in [0.3, 0.4) is 0 Å². The molecule has 6 nitrogen and oxygen atoms in total. The van der Waals surface area contributed by atoms with Crippen LogP contribution in [-0.4, -0.2) is 45.8 Å². The molecular weight excluding hydrogens is 381 g/mol. The molecule has 1 fully saturated rings. The van der Waals surface area contributed by atoms with Crippen molar-refractivity contribution in [2.45, 2.75) is 38.6 Å². The number of imidazole rings is 1. The Kier molecular flexibility index (Phi) is 5.37. The third-order valence-corrected chi connectivity index (χ3v) is 4.95. The summed E-state index contributed by atoms with van der Waals surface area (Å²) >= 11 is 6.38. The third-order valence-electron chi connectivity index (χ3n) is 4.67. The van der Waals surface area contributed by atoms with E-state index in [1.807, 2.05) is 42.5 Å². The highest BCUT2D eigenvalue weighted by Gasteiger charge is 2.24. The molecule has 2 atom stereocenters. The molecule has 2 N–H and O–H groups in total. The normalized spacial score (nSPS) is 19.9. The second-order valence-corrected chi connectivity index (χ2v) is 7.60. The number of nitrogens with one attached hydrogen (secondary N) is 2. The van der Waals surface area contributed by atoms with Crippen LogP contribution in [0.15, 0.2) is 36.7 Å². The first-order valence-corrected chi connectivity index (χ1v) is 9.81. The molecule has 3 aromatic rings. The summed E-state index contributed by atoms with van der Waals surface area (Å²) in [5, 5.41) is 6.91. The predicted molar refractivity (Wildman–Crippen MR) is 109 cm³/mol. The Morgan fingerprint density at radius 3 is 3.04 bits per heavy atom. The van der Waals surface area contributed by atoms with Crippen LogP contribution in [0.25, 0.3) is 17.0 Å². The molecule has 0 amide bonds. The van der Waals surface area contributed by atoms with Crippen LogP contribution < -0.4 is 15.4 Å². The average Bonchev–Trinajstić information content (AvgIpc) is 3.06. The highest BCUT2D eigenvalue weighted by atomic mass is 35.5. The van der Waals surface area contributed by atoms with Crippen LogP contribution >= 0.6 is 11.6 Å². The number of ether oxygens (including phenoxy) is 1. The van der Waals surface area contributed by atoms with Gasteiger partial charge in [-0.3, -0.25) is 4.40 Å². The summed E-state index contributed by atoms with van der Waals surface area (Å²) in [5.74, 6) is 1.23. The number of piperidine rings is 1. The molecule has 0 bridgehead atoms. The van der Waals surface area contributed by atoms with Crippen LogP contribution in [0.2, 0.25) is 5.02 Å². The summed E-state index contributed by atoms with van der Waals surface area (Å²) in [6.07, 6.45) is 3.16. The Labute approximate surface area is 168 Å². The molecular formula is C20H23ClFN5O. The van der Waals surface area contributed by atoms with Gasteiger partial charge < -0.3 is 15.4 Å². The van der Waals surface area contributed by atoms with Gasteiger partial charge in [0.05, 0.1) is 34.8 Å². The van der Waals surface area contributed by atoms with Gasteiger partial charge >= 0.3 is 0 Å². The quantitative estimate of drug-likeness (QED) is 0.675. The molecule has 1 saturated heterocycles. The molecule has 4 heterocycles. The molecule has 0 aromatic carbocycles. The molecule has 28 heavy (non-hydrogen) atoms. The largest absolute Gasteiger partial charge is 0.489 e. The van der Waals surface area contributed by atoms with Crippen LogP contribution in [0.1, 0.15) is 20.3 Å². The zero-order valence-corrected chi connectivity index (χ0v) is 16.6. The van der Waals surface area contributed by atoms with Gasteiger partial charge in [-0.05, 0) is 38.9 Å². The monoisotopic (exact) mass is 403 g/mol. The maximum atomic E-state index is 14.1. The van der Waals surface area contributed by atoms with E-state index in [1.54, 1.807) is 12.4 Å². The van der Waals surface area contributed by atoms with Crippen molar-refractivity contribution in [1.29, 1.82) is 0 Å². The number of nitrogens with zero attached hydrogens (tertiary/aromatic N) is 3. The maximum Gasteiger partial charge on any atom is 0.143 e. The SMILES string of the molecule is CC(C)Oc1cc2ncc(-c3cccc(NC4CNCCC4F)n3)n2cc1Cl. The molecule has 1 aliphatic heterocycles. The summed E-state index contributed by atoms with van der Waals surface area (Å²) < 4.78 is 21.7. The highest BCUT2D eigenvalue weighted by molar-refractivity contribution is 6.32. The van der Waals surface area contributed by atoms with Crippen molar-refractivity contribution in [3.8, 4) is 17.1 Å². The van der Waals surface area contributed by atoms with Gasteiger partial charge in [0.2, 0.25) is 0 Å². The lowest BCUT2D eigenvalue weighted by Gasteiger charge is -2.28. The van der Waals surface area contributed by atoms with Crippen LogP contribution in [0, 0.1) is 0 Å². The lowest BCUT2D eigenvalue weighted by Crippen LogP contribution is -2.46. The summed E-state index contributed by atoms with van der Waals surface area (Å²) in [6, 6.07) is 7.16. The van der Waals surface area contributed by atoms with E-state index in [2.05, 4.69) is 20.6 Å². The van der Waals surface area contributed by atoms with Gasteiger partial charge in [0.15, 0.2) is 0 Å². The van der Waals surface area contributed by atoms with E-state index in [-0.39, 0.29) is 12.1 Å². The molecule has 0 spiro atoms. The van der Waals surface area contributed by atoms with Crippen molar-refractivity contribution in [3.63, 3.8) is 0 Å². The average molecular weight is 404 g/mol. The molecule has 148 valence electrons. The first-order chi connectivity index (χ1) is 13.5. The molecule has 0 radical (unpaired) electrons. The molecule has 4 rings (SSSR count). The standard InChI is InChI=1S/C20H23ClFN5O/c1-12(2)28-18-8-20-24-10-17(27(20)11-13(18)21)15-4-3-5-19(25-15)26-16-9-23-7-6-14(16)22/h3-5,8,10-12,14,16,23H,6-7,9H2,1-2H3,(H,25,26). The predicted octanol–water partition coefficient (Wildman–Crippen LogP) is 3.95. The number of anilines is 1. The number of hydrogen-bond acceptors (Lipinski definition) is 5. The molecule has 3 aromatic heterocycles. The fourth-order valence-corrected chi connectivity index (χ4v) is 3.53. The van der Waals surface area contributed by atoms with Crippen LogP contribution in [0.5, 0.6) is 5.75 Å². The Morgan fingerprint density at radius 2 is 2.25 bits per heavy atom. The zero-order valence-electron chi connectivity index (χ0n) is 15.8. The van der Waals surface area contributed by atoms with E-state index >= 15 is 0 Å². The Hall–Kier alpha value is -2.38. The lowest BCUT2D eigenvalue weighted by atomic mass is 10.1. The number of halogens is 2.